The fraction of sp³-hybridized carbons (Fsp3) is 0.160. The predicted octanol–water partition coefficient (Wildman–Crippen LogP) is 4.66. The zero-order chi connectivity index (χ0) is 24.3. The summed E-state index contributed by atoms with van der Waals surface area (Å²) in [6.45, 7) is 0.270. The molecule has 34 heavy (non-hydrogen) atoms. The summed E-state index contributed by atoms with van der Waals surface area (Å²) >= 11 is 0. The molecule has 0 spiro atoms. The molecule has 7 nitrogen and oxygen atoms in total. The van der Waals surface area contributed by atoms with Crippen molar-refractivity contribution in [3.05, 3.63) is 89.9 Å². The van der Waals surface area contributed by atoms with Crippen LogP contribution in [0.2, 0.25) is 0 Å². The zero-order valence-electron chi connectivity index (χ0n) is 18.4. The van der Waals surface area contributed by atoms with E-state index in [-0.39, 0.29) is 23.7 Å². The van der Waals surface area contributed by atoms with E-state index in [0.29, 0.717) is 17.9 Å². The summed E-state index contributed by atoms with van der Waals surface area (Å²) in [5.74, 6) is -0.692. The van der Waals surface area contributed by atoms with Crippen LogP contribution in [0.3, 0.4) is 0 Å². The molecule has 0 amide bonds. The first-order valence-corrected chi connectivity index (χ1v) is 12.0. The van der Waals surface area contributed by atoms with Crippen molar-refractivity contribution < 1.29 is 27.4 Å². The van der Waals surface area contributed by atoms with Gasteiger partial charge in [0.25, 0.3) is 10.0 Å². The molecule has 0 aliphatic heterocycles. The van der Waals surface area contributed by atoms with Crippen molar-refractivity contribution in [2.24, 2.45) is 0 Å². The number of methoxy groups -OCH3 is 1. The highest BCUT2D eigenvalue weighted by atomic mass is 32.2. The van der Waals surface area contributed by atoms with Crippen molar-refractivity contribution in [2.75, 3.05) is 11.8 Å². The second kappa shape index (κ2) is 9.56. The molecule has 3 aromatic carbocycles. The first-order chi connectivity index (χ1) is 16.2. The Morgan fingerprint density at radius 2 is 1.76 bits per heavy atom. The van der Waals surface area contributed by atoms with E-state index >= 15 is 0 Å². The number of carboxylic acids is 1. The Hall–Kier alpha value is -3.85. The van der Waals surface area contributed by atoms with Gasteiger partial charge in [-0.05, 0) is 72.1 Å². The van der Waals surface area contributed by atoms with E-state index in [1.807, 2.05) is 10.8 Å². The van der Waals surface area contributed by atoms with Gasteiger partial charge in [0.1, 0.15) is 11.6 Å². The van der Waals surface area contributed by atoms with E-state index < -0.39 is 16.0 Å². The quantitative estimate of drug-likeness (QED) is 0.362. The van der Waals surface area contributed by atoms with Crippen molar-refractivity contribution in [1.29, 1.82) is 0 Å². The van der Waals surface area contributed by atoms with Gasteiger partial charge in [-0.25, -0.2) is 12.8 Å². The summed E-state index contributed by atoms with van der Waals surface area (Å²) in [6.07, 6.45) is 2.29. The molecule has 4 rings (SSSR count). The van der Waals surface area contributed by atoms with Crippen molar-refractivity contribution in [1.82, 2.24) is 4.57 Å². The number of nitrogens with one attached hydrogen (secondary N) is 1. The number of carboxylic acid groups (broad SMARTS) is 1. The highest BCUT2D eigenvalue weighted by Gasteiger charge is 2.17. The molecule has 0 radical (unpaired) electrons. The van der Waals surface area contributed by atoms with Gasteiger partial charge in [0.05, 0.1) is 18.4 Å². The number of anilines is 1. The lowest BCUT2D eigenvalue weighted by atomic mass is 10.0. The number of aliphatic carboxylic acids is 1. The Labute approximate surface area is 196 Å². The van der Waals surface area contributed by atoms with Gasteiger partial charge in [-0.15, -0.1) is 0 Å². The number of benzene rings is 3. The van der Waals surface area contributed by atoms with Gasteiger partial charge >= 0.3 is 5.97 Å². The largest absolute Gasteiger partial charge is 0.497 e. The van der Waals surface area contributed by atoms with Crippen LogP contribution in [0, 0.1) is 5.82 Å². The molecule has 9 heteroatoms. The summed E-state index contributed by atoms with van der Waals surface area (Å²) in [4.78, 5) is 11.2. The average molecular weight is 483 g/mol. The van der Waals surface area contributed by atoms with Crippen LogP contribution in [0.15, 0.2) is 77.8 Å². The molecule has 0 saturated carbocycles. The predicted molar refractivity (Wildman–Crippen MR) is 127 cm³/mol. The van der Waals surface area contributed by atoms with Crippen LogP contribution < -0.4 is 9.46 Å². The minimum absolute atomic E-state index is 0.0500. The van der Waals surface area contributed by atoms with Crippen LogP contribution in [0.1, 0.15) is 17.5 Å². The summed E-state index contributed by atoms with van der Waals surface area (Å²) in [5, 5.41) is 9.88. The molecular weight excluding hydrogens is 459 g/mol. The Morgan fingerprint density at radius 3 is 2.41 bits per heavy atom. The van der Waals surface area contributed by atoms with E-state index in [2.05, 4.69) is 4.72 Å². The van der Waals surface area contributed by atoms with Crippen LogP contribution in [0.4, 0.5) is 10.1 Å². The second-order valence-electron chi connectivity index (χ2n) is 7.81. The van der Waals surface area contributed by atoms with Crippen molar-refractivity contribution >= 4 is 32.6 Å². The van der Waals surface area contributed by atoms with Crippen LogP contribution in [-0.2, 0) is 27.8 Å². The van der Waals surface area contributed by atoms with E-state index in [1.54, 1.807) is 42.5 Å². The molecule has 0 fully saturated rings. The maximum Gasteiger partial charge on any atom is 0.305 e. The van der Waals surface area contributed by atoms with Gasteiger partial charge < -0.3 is 14.4 Å². The first kappa shape index (κ1) is 23.3. The third-order valence-electron chi connectivity index (χ3n) is 5.46. The second-order valence-corrected chi connectivity index (χ2v) is 9.49. The number of aryl methyl sites for hydroxylation is 1. The van der Waals surface area contributed by atoms with E-state index in [9.17, 15) is 17.6 Å². The number of hydrogen-bond donors (Lipinski definition) is 2. The Kier molecular flexibility index (Phi) is 6.56. The van der Waals surface area contributed by atoms with Gasteiger partial charge in [-0.1, -0.05) is 12.1 Å². The number of fused-ring (bicyclic) bond motifs is 1. The molecule has 0 saturated heterocycles. The summed E-state index contributed by atoms with van der Waals surface area (Å²) < 4.78 is 48.6. The average Bonchev–Trinajstić information content (AvgIpc) is 3.15. The lowest BCUT2D eigenvalue weighted by Gasteiger charge is -2.10. The van der Waals surface area contributed by atoms with Crippen LogP contribution in [-0.4, -0.2) is 31.2 Å². The monoisotopic (exact) mass is 482 g/mol. The fourth-order valence-corrected chi connectivity index (χ4v) is 4.82. The Bertz CT molecular complexity index is 1430. The number of rotatable bonds is 9. The Morgan fingerprint density at radius 1 is 1.06 bits per heavy atom. The number of hydrogen-bond acceptors (Lipinski definition) is 4. The molecule has 4 aromatic rings. The first-order valence-electron chi connectivity index (χ1n) is 10.5. The lowest BCUT2D eigenvalue weighted by molar-refractivity contribution is -0.137. The number of ether oxygens (including phenoxy) is 1. The van der Waals surface area contributed by atoms with E-state index in [1.165, 1.54) is 31.4 Å². The van der Waals surface area contributed by atoms with Crippen LogP contribution in [0.25, 0.3) is 10.9 Å². The van der Waals surface area contributed by atoms with Gasteiger partial charge in [-0.2, -0.15) is 0 Å². The molecule has 1 aromatic heterocycles. The molecule has 0 unspecified atom stereocenters. The number of carbonyl (C=O) groups is 1. The SMILES string of the molecule is COc1ccc(S(=O)(=O)Nc2ccc3c(c2)c(Cc2ccc(F)cc2)cn3CCC(=O)O)cc1. The van der Waals surface area contributed by atoms with Crippen molar-refractivity contribution in [2.45, 2.75) is 24.3 Å². The third-order valence-corrected chi connectivity index (χ3v) is 6.86. The third kappa shape index (κ3) is 5.20. The molecule has 0 bridgehead atoms. The summed E-state index contributed by atoms with van der Waals surface area (Å²) in [5.41, 5.74) is 2.91. The van der Waals surface area contributed by atoms with Gasteiger partial charge in [0.2, 0.25) is 0 Å². The number of sulfonamides is 1. The molecular formula is C25H23FN2O5S. The lowest BCUT2D eigenvalue weighted by Crippen LogP contribution is -2.12. The van der Waals surface area contributed by atoms with Gasteiger partial charge in [-0.3, -0.25) is 9.52 Å². The van der Waals surface area contributed by atoms with E-state index in [0.717, 1.165) is 22.0 Å². The summed E-state index contributed by atoms with van der Waals surface area (Å²) in [7, 11) is -2.33. The number of halogens is 1. The number of aromatic nitrogens is 1. The van der Waals surface area contributed by atoms with Gasteiger partial charge in [0.15, 0.2) is 0 Å². The minimum atomic E-state index is -3.83. The fourth-order valence-electron chi connectivity index (χ4n) is 3.77. The maximum absolute atomic E-state index is 13.3. The smallest absolute Gasteiger partial charge is 0.305 e. The molecule has 176 valence electrons. The van der Waals surface area contributed by atoms with Crippen molar-refractivity contribution in [3.8, 4) is 5.75 Å². The van der Waals surface area contributed by atoms with E-state index in [4.69, 9.17) is 9.84 Å². The minimum Gasteiger partial charge on any atom is -0.497 e. The normalized spacial score (nSPS) is 11.5. The van der Waals surface area contributed by atoms with Crippen LogP contribution >= 0.6 is 0 Å². The molecule has 0 atom stereocenters. The maximum atomic E-state index is 13.3. The zero-order valence-corrected chi connectivity index (χ0v) is 19.2. The van der Waals surface area contributed by atoms with Crippen LogP contribution in [0.5, 0.6) is 5.75 Å². The van der Waals surface area contributed by atoms with Gasteiger partial charge in [0, 0.05) is 29.3 Å². The summed E-state index contributed by atoms with van der Waals surface area (Å²) in [6, 6.07) is 17.3. The molecule has 2 N–H and O–H groups in total. The standard InChI is InChI=1S/C25H23FN2O5S/c1-33-21-7-9-22(10-8-21)34(31,32)27-20-6-11-24-23(15-20)18(16-28(24)13-12-25(29)30)14-17-2-4-19(26)5-3-17/h2-11,15-16,27H,12-14H2,1H3,(H,29,30). The highest BCUT2D eigenvalue weighted by molar-refractivity contribution is 7.92. The Balaban J connectivity index is 1.69. The van der Waals surface area contributed by atoms with Crippen molar-refractivity contribution in [3.63, 3.8) is 0 Å². The molecule has 1 heterocycles. The number of nitrogens with zero attached hydrogens (tertiary/aromatic N) is 1. The highest BCUT2D eigenvalue weighted by Crippen LogP contribution is 2.29. The molecule has 0 aliphatic carbocycles. The topological polar surface area (TPSA) is 97.6 Å². The molecule has 0 aliphatic rings.